The second-order valence-electron chi connectivity index (χ2n) is 6.11. The number of carbonyl (C=O) groups excluding carboxylic acids is 1. The third kappa shape index (κ3) is 3.89. The van der Waals surface area contributed by atoms with Crippen LogP contribution in [0.5, 0.6) is 0 Å². The highest BCUT2D eigenvalue weighted by Crippen LogP contribution is 2.22. The van der Waals surface area contributed by atoms with Crippen LogP contribution in [0.15, 0.2) is 48.8 Å². The molecule has 1 N–H and O–H groups in total. The summed E-state index contributed by atoms with van der Waals surface area (Å²) in [4.78, 5) is 18.8. The zero-order valence-corrected chi connectivity index (χ0v) is 13.5. The van der Waals surface area contributed by atoms with Crippen molar-refractivity contribution >= 4 is 11.6 Å². The standard InChI is InChI=1S/C19H23N3O/c1-15-4-2-3-5-17(15)14-21-19(23)16-8-12-22(13-9-16)18-6-10-20-11-7-18/h2-7,10-11,16H,8-9,12-14H2,1H3,(H,21,23). The molecule has 0 aliphatic carbocycles. The second kappa shape index (κ2) is 7.27. The van der Waals surface area contributed by atoms with Crippen LogP contribution in [0.3, 0.4) is 0 Å². The van der Waals surface area contributed by atoms with Gasteiger partial charge in [0.2, 0.25) is 5.91 Å². The highest BCUT2D eigenvalue weighted by Gasteiger charge is 2.24. The average molecular weight is 309 g/mol. The van der Waals surface area contributed by atoms with Gasteiger partial charge in [-0.3, -0.25) is 9.78 Å². The van der Waals surface area contributed by atoms with Crippen molar-refractivity contribution in [2.75, 3.05) is 18.0 Å². The van der Waals surface area contributed by atoms with Crippen molar-refractivity contribution in [1.29, 1.82) is 0 Å². The van der Waals surface area contributed by atoms with E-state index in [1.54, 1.807) is 0 Å². The zero-order chi connectivity index (χ0) is 16.1. The van der Waals surface area contributed by atoms with E-state index in [9.17, 15) is 4.79 Å². The van der Waals surface area contributed by atoms with Crippen molar-refractivity contribution in [3.05, 3.63) is 59.9 Å². The molecule has 1 amide bonds. The van der Waals surface area contributed by atoms with Gasteiger partial charge in [-0.05, 0) is 43.0 Å². The summed E-state index contributed by atoms with van der Waals surface area (Å²) in [6.45, 7) is 4.55. The molecule has 2 heterocycles. The molecule has 2 aromatic rings. The van der Waals surface area contributed by atoms with Gasteiger partial charge in [0.15, 0.2) is 0 Å². The largest absolute Gasteiger partial charge is 0.371 e. The van der Waals surface area contributed by atoms with Gasteiger partial charge >= 0.3 is 0 Å². The van der Waals surface area contributed by atoms with Gasteiger partial charge in [0.25, 0.3) is 0 Å². The summed E-state index contributed by atoms with van der Waals surface area (Å²) < 4.78 is 0. The molecule has 120 valence electrons. The molecular weight excluding hydrogens is 286 g/mol. The maximum absolute atomic E-state index is 12.4. The molecule has 1 aromatic carbocycles. The van der Waals surface area contributed by atoms with Crippen LogP contribution in [0.2, 0.25) is 0 Å². The Labute approximate surface area is 137 Å². The van der Waals surface area contributed by atoms with E-state index in [-0.39, 0.29) is 11.8 Å². The molecule has 1 fully saturated rings. The van der Waals surface area contributed by atoms with Crippen LogP contribution in [0, 0.1) is 12.8 Å². The minimum Gasteiger partial charge on any atom is -0.371 e. The van der Waals surface area contributed by atoms with E-state index in [1.165, 1.54) is 16.8 Å². The molecule has 3 rings (SSSR count). The summed E-state index contributed by atoms with van der Waals surface area (Å²) >= 11 is 0. The summed E-state index contributed by atoms with van der Waals surface area (Å²) in [5.74, 6) is 0.305. The SMILES string of the molecule is Cc1ccccc1CNC(=O)C1CCN(c2ccncc2)CC1. The number of anilines is 1. The Morgan fingerprint density at radius 3 is 2.57 bits per heavy atom. The van der Waals surface area contributed by atoms with Crippen molar-refractivity contribution in [2.45, 2.75) is 26.3 Å². The summed E-state index contributed by atoms with van der Waals surface area (Å²) in [7, 11) is 0. The van der Waals surface area contributed by atoms with E-state index in [2.05, 4.69) is 34.3 Å². The normalized spacial score (nSPS) is 15.4. The number of carbonyl (C=O) groups is 1. The zero-order valence-electron chi connectivity index (χ0n) is 13.5. The fraction of sp³-hybridized carbons (Fsp3) is 0.368. The lowest BCUT2D eigenvalue weighted by Gasteiger charge is -2.32. The Morgan fingerprint density at radius 1 is 1.17 bits per heavy atom. The molecule has 0 spiro atoms. The van der Waals surface area contributed by atoms with E-state index in [0.29, 0.717) is 6.54 Å². The molecule has 1 aliphatic rings. The van der Waals surface area contributed by atoms with E-state index in [1.807, 2.05) is 36.7 Å². The number of benzene rings is 1. The number of nitrogens with one attached hydrogen (secondary N) is 1. The molecular formula is C19H23N3O. The number of piperidine rings is 1. The molecule has 1 aromatic heterocycles. The van der Waals surface area contributed by atoms with Crippen LogP contribution in [-0.4, -0.2) is 24.0 Å². The van der Waals surface area contributed by atoms with Gasteiger partial charge in [0.05, 0.1) is 0 Å². The van der Waals surface area contributed by atoms with E-state index < -0.39 is 0 Å². The molecule has 0 saturated carbocycles. The molecule has 23 heavy (non-hydrogen) atoms. The van der Waals surface area contributed by atoms with Crippen molar-refractivity contribution < 1.29 is 4.79 Å². The third-order valence-corrected chi connectivity index (χ3v) is 4.61. The van der Waals surface area contributed by atoms with Gasteiger partial charge in [0.1, 0.15) is 0 Å². The average Bonchev–Trinajstić information content (AvgIpc) is 2.62. The van der Waals surface area contributed by atoms with Crippen LogP contribution in [0.25, 0.3) is 0 Å². The van der Waals surface area contributed by atoms with Crippen molar-refractivity contribution in [1.82, 2.24) is 10.3 Å². The first-order valence-corrected chi connectivity index (χ1v) is 8.21. The second-order valence-corrected chi connectivity index (χ2v) is 6.11. The smallest absolute Gasteiger partial charge is 0.223 e. The first-order chi connectivity index (χ1) is 11.2. The number of hydrogen-bond donors (Lipinski definition) is 1. The van der Waals surface area contributed by atoms with Crippen molar-refractivity contribution in [3.8, 4) is 0 Å². The molecule has 4 heteroatoms. The third-order valence-electron chi connectivity index (χ3n) is 4.61. The van der Waals surface area contributed by atoms with Gasteiger partial charge < -0.3 is 10.2 Å². The first kappa shape index (κ1) is 15.5. The number of pyridine rings is 1. The van der Waals surface area contributed by atoms with Crippen LogP contribution >= 0.6 is 0 Å². The number of nitrogens with zero attached hydrogens (tertiary/aromatic N) is 2. The Balaban J connectivity index is 1.50. The number of aryl methyl sites for hydroxylation is 1. The molecule has 0 unspecified atom stereocenters. The maximum atomic E-state index is 12.4. The van der Waals surface area contributed by atoms with Gasteiger partial charge in [-0.1, -0.05) is 24.3 Å². The Bertz CT molecular complexity index is 649. The lowest BCUT2D eigenvalue weighted by Crippen LogP contribution is -2.40. The van der Waals surface area contributed by atoms with Crippen LogP contribution in [0.4, 0.5) is 5.69 Å². The molecule has 1 saturated heterocycles. The molecule has 0 bridgehead atoms. The van der Waals surface area contributed by atoms with Gasteiger partial charge in [-0.15, -0.1) is 0 Å². The van der Waals surface area contributed by atoms with Gasteiger partial charge in [-0.2, -0.15) is 0 Å². The molecule has 0 radical (unpaired) electrons. The fourth-order valence-corrected chi connectivity index (χ4v) is 3.09. The van der Waals surface area contributed by atoms with E-state index >= 15 is 0 Å². The van der Waals surface area contributed by atoms with Crippen LogP contribution in [0.1, 0.15) is 24.0 Å². The highest BCUT2D eigenvalue weighted by molar-refractivity contribution is 5.79. The molecule has 4 nitrogen and oxygen atoms in total. The number of amides is 1. The number of aromatic nitrogens is 1. The van der Waals surface area contributed by atoms with Gasteiger partial charge in [-0.25, -0.2) is 0 Å². The lowest BCUT2D eigenvalue weighted by molar-refractivity contribution is -0.125. The van der Waals surface area contributed by atoms with E-state index in [4.69, 9.17) is 0 Å². The monoisotopic (exact) mass is 309 g/mol. The predicted octanol–water partition coefficient (Wildman–Crippen LogP) is 2.92. The van der Waals surface area contributed by atoms with Crippen molar-refractivity contribution in [3.63, 3.8) is 0 Å². The highest BCUT2D eigenvalue weighted by atomic mass is 16.1. The number of rotatable bonds is 4. The Kier molecular flexibility index (Phi) is 4.91. The summed E-state index contributed by atoms with van der Waals surface area (Å²) in [6.07, 6.45) is 5.44. The van der Waals surface area contributed by atoms with Crippen LogP contribution in [-0.2, 0) is 11.3 Å². The summed E-state index contributed by atoms with van der Waals surface area (Å²) in [5, 5.41) is 3.10. The number of hydrogen-bond acceptors (Lipinski definition) is 3. The predicted molar refractivity (Wildman–Crippen MR) is 92.2 cm³/mol. The van der Waals surface area contributed by atoms with E-state index in [0.717, 1.165) is 25.9 Å². The maximum Gasteiger partial charge on any atom is 0.223 e. The quantitative estimate of drug-likeness (QED) is 0.944. The Hall–Kier alpha value is -2.36. The molecule has 0 atom stereocenters. The summed E-state index contributed by atoms with van der Waals surface area (Å²) in [6, 6.07) is 12.2. The first-order valence-electron chi connectivity index (χ1n) is 8.21. The van der Waals surface area contributed by atoms with Crippen molar-refractivity contribution in [2.24, 2.45) is 5.92 Å². The van der Waals surface area contributed by atoms with Gasteiger partial charge in [0, 0.05) is 43.6 Å². The molecule has 1 aliphatic heterocycles. The van der Waals surface area contributed by atoms with Crippen LogP contribution < -0.4 is 10.2 Å². The lowest BCUT2D eigenvalue weighted by atomic mass is 9.95. The fourth-order valence-electron chi connectivity index (χ4n) is 3.09. The minimum atomic E-state index is 0.122. The minimum absolute atomic E-state index is 0.122. The topological polar surface area (TPSA) is 45.2 Å². The Morgan fingerprint density at radius 2 is 1.87 bits per heavy atom. The summed E-state index contributed by atoms with van der Waals surface area (Å²) in [5.41, 5.74) is 3.61.